The van der Waals surface area contributed by atoms with Crippen molar-refractivity contribution in [3.63, 3.8) is 0 Å². The number of fused-ring (bicyclic) bond motifs is 1. The summed E-state index contributed by atoms with van der Waals surface area (Å²) in [6.45, 7) is 0. The van der Waals surface area contributed by atoms with Crippen LogP contribution in [0.25, 0.3) is 0 Å². The van der Waals surface area contributed by atoms with Gasteiger partial charge in [-0.3, -0.25) is 4.79 Å². The molecular weight excluding hydrogens is 315 g/mol. The third kappa shape index (κ3) is 3.78. The molecule has 0 radical (unpaired) electrons. The summed E-state index contributed by atoms with van der Waals surface area (Å²) in [6, 6.07) is 12.8. The number of carbonyl (C=O) groups excluding carboxylic acids is 1. The van der Waals surface area contributed by atoms with E-state index in [1.54, 1.807) is 0 Å². The minimum absolute atomic E-state index is 0.0168. The number of alkyl halides is 3. The number of halogens is 3. The van der Waals surface area contributed by atoms with Gasteiger partial charge in [0.1, 0.15) is 0 Å². The highest BCUT2D eigenvalue weighted by molar-refractivity contribution is 5.79. The molecule has 24 heavy (non-hydrogen) atoms. The lowest BCUT2D eigenvalue weighted by Crippen LogP contribution is -2.32. The van der Waals surface area contributed by atoms with Gasteiger partial charge in [0, 0.05) is 0 Å². The molecule has 2 aromatic rings. The van der Waals surface area contributed by atoms with Gasteiger partial charge in [0.15, 0.2) is 0 Å². The highest BCUT2D eigenvalue weighted by atomic mass is 19.4. The Morgan fingerprint density at radius 2 is 1.79 bits per heavy atom. The molecule has 0 bridgehead atoms. The van der Waals surface area contributed by atoms with Gasteiger partial charge in [0.2, 0.25) is 5.91 Å². The molecule has 1 aliphatic rings. The van der Waals surface area contributed by atoms with Gasteiger partial charge in [-0.05, 0) is 48.1 Å². The number of hydrogen-bond donors (Lipinski definition) is 1. The normalized spacial score (nSPS) is 17.2. The van der Waals surface area contributed by atoms with Gasteiger partial charge in [0.25, 0.3) is 0 Å². The maximum atomic E-state index is 12.6. The summed E-state index contributed by atoms with van der Waals surface area (Å²) in [5.41, 5.74) is 2.27. The lowest BCUT2D eigenvalue weighted by atomic mass is 9.87. The zero-order valence-corrected chi connectivity index (χ0v) is 13.1. The third-order valence-electron chi connectivity index (χ3n) is 4.35. The zero-order valence-electron chi connectivity index (χ0n) is 13.1. The fourth-order valence-corrected chi connectivity index (χ4v) is 3.15. The average molecular weight is 333 g/mol. The smallest absolute Gasteiger partial charge is 0.349 e. The van der Waals surface area contributed by atoms with Crippen molar-refractivity contribution in [2.24, 2.45) is 0 Å². The maximum absolute atomic E-state index is 12.6. The Kier molecular flexibility index (Phi) is 4.60. The van der Waals surface area contributed by atoms with E-state index in [0.29, 0.717) is 5.56 Å². The van der Waals surface area contributed by atoms with E-state index in [2.05, 4.69) is 11.4 Å². The van der Waals surface area contributed by atoms with Crippen molar-refractivity contribution in [1.29, 1.82) is 0 Å². The minimum atomic E-state index is -4.35. The molecule has 0 saturated carbocycles. The van der Waals surface area contributed by atoms with E-state index in [4.69, 9.17) is 0 Å². The molecule has 0 fully saturated rings. The number of rotatable bonds is 3. The van der Waals surface area contributed by atoms with Gasteiger partial charge in [-0.1, -0.05) is 36.4 Å². The number of benzene rings is 2. The Labute approximate surface area is 138 Å². The molecule has 2 nitrogen and oxygen atoms in total. The second-order valence-electron chi connectivity index (χ2n) is 6.08. The first-order chi connectivity index (χ1) is 11.4. The Bertz CT molecular complexity index is 722. The second kappa shape index (κ2) is 6.67. The molecule has 126 valence electrons. The van der Waals surface area contributed by atoms with E-state index < -0.39 is 11.7 Å². The predicted molar refractivity (Wildman–Crippen MR) is 85.4 cm³/mol. The van der Waals surface area contributed by atoms with Crippen LogP contribution >= 0.6 is 0 Å². The fraction of sp³-hybridized carbons (Fsp3) is 0.316. The van der Waals surface area contributed by atoms with Crippen LogP contribution in [0.3, 0.4) is 0 Å². The molecular formula is C19H18F3NO. The molecule has 2 aromatic carbocycles. The predicted octanol–water partition coefficient (Wildman–Crippen LogP) is 4.44. The highest BCUT2D eigenvalue weighted by Crippen LogP contribution is 2.30. The molecule has 1 amide bonds. The maximum Gasteiger partial charge on any atom is 0.416 e. The van der Waals surface area contributed by atoms with Gasteiger partial charge in [-0.2, -0.15) is 13.2 Å². The summed E-state index contributed by atoms with van der Waals surface area (Å²) in [6.07, 6.45) is -1.36. The van der Waals surface area contributed by atoms with Crippen LogP contribution in [0.2, 0.25) is 0 Å². The van der Waals surface area contributed by atoms with Crippen molar-refractivity contribution >= 4 is 5.91 Å². The first kappa shape index (κ1) is 16.6. The Morgan fingerprint density at radius 1 is 1.08 bits per heavy atom. The van der Waals surface area contributed by atoms with Crippen LogP contribution in [-0.2, 0) is 23.8 Å². The van der Waals surface area contributed by atoms with Crippen LogP contribution < -0.4 is 5.32 Å². The van der Waals surface area contributed by atoms with Gasteiger partial charge < -0.3 is 5.32 Å². The lowest BCUT2D eigenvalue weighted by molar-refractivity contribution is -0.137. The molecule has 3 rings (SSSR count). The molecule has 1 unspecified atom stereocenters. The molecule has 0 aromatic heterocycles. The van der Waals surface area contributed by atoms with Gasteiger partial charge in [0.05, 0.1) is 18.0 Å². The molecule has 5 heteroatoms. The summed E-state index contributed by atoms with van der Waals surface area (Å²) >= 11 is 0. The Balaban J connectivity index is 1.64. The van der Waals surface area contributed by atoms with Crippen molar-refractivity contribution in [1.82, 2.24) is 5.32 Å². The molecule has 0 saturated heterocycles. The largest absolute Gasteiger partial charge is 0.416 e. The summed E-state index contributed by atoms with van der Waals surface area (Å²) in [7, 11) is 0. The minimum Gasteiger partial charge on any atom is -0.349 e. The summed E-state index contributed by atoms with van der Waals surface area (Å²) < 4.78 is 37.7. The van der Waals surface area contributed by atoms with Crippen LogP contribution in [-0.4, -0.2) is 5.91 Å². The van der Waals surface area contributed by atoms with Crippen molar-refractivity contribution in [3.8, 4) is 0 Å². The van der Waals surface area contributed by atoms with Gasteiger partial charge >= 0.3 is 6.18 Å². The zero-order chi connectivity index (χ0) is 17.2. The number of nitrogens with one attached hydrogen (secondary N) is 1. The molecule has 0 spiro atoms. The van der Waals surface area contributed by atoms with Crippen LogP contribution in [0.4, 0.5) is 13.2 Å². The first-order valence-electron chi connectivity index (χ1n) is 7.97. The molecule has 1 atom stereocenters. The van der Waals surface area contributed by atoms with E-state index in [1.807, 2.05) is 18.2 Å². The number of carbonyl (C=O) groups is 1. The van der Waals surface area contributed by atoms with E-state index in [0.717, 1.165) is 37.0 Å². The monoisotopic (exact) mass is 333 g/mol. The summed E-state index contributed by atoms with van der Waals surface area (Å²) in [5.74, 6) is -0.170. The van der Waals surface area contributed by atoms with Crippen LogP contribution in [0.15, 0.2) is 48.5 Å². The Morgan fingerprint density at radius 3 is 2.50 bits per heavy atom. The van der Waals surface area contributed by atoms with Crippen molar-refractivity contribution in [2.45, 2.75) is 37.9 Å². The van der Waals surface area contributed by atoms with Crippen LogP contribution in [0.5, 0.6) is 0 Å². The molecule has 1 aliphatic carbocycles. The van der Waals surface area contributed by atoms with Gasteiger partial charge in [-0.15, -0.1) is 0 Å². The van der Waals surface area contributed by atoms with E-state index >= 15 is 0 Å². The van der Waals surface area contributed by atoms with Crippen molar-refractivity contribution in [3.05, 3.63) is 70.8 Å². The quantitative estimate of drug-likeness (QED) is 0.884. The third-order valence-corrected chi connectivity index (χ3v) is 4.35. The summed E-state index contributed by atoms with van der Waals surface area (Å²) in [5, 5.41) is 3.01. The summed E-state index contributed by atoms with van der Waals surface area (Å²) in [4.78, 5) is 12.2. The van der Waals surface area contributed by atoms with E-state index in [-0.39, 0.29) is 18.4 Å². The van der Waals surface area contributed by atoms with E-state index in [9.17, 15) is 18.0 Å². The van der Waals surface area contributed by atoms with Crippen LogP contribution in [0, 0.1) is 0 Å². The second-order valence-corrected chi connectivity index (χ2v) is 6.08. The number of aryl methyl sites for hydroxylation is 1. The fourth-order valence-electron chi connectivity index (χ4n) is 3.15. The molecule has 0 aliphatic heterocycles. The van der Waals surface area contributed by atoms with Crippen molar-refractivity contribution in [2.75, 3.05) is 0 Å². The Hall–Kier alpha value is -2.30. The first-order valence-corrected chi connectivity index (χ1v) is 7.97. The standard InChI is InChI=1S/C19H18F3NO/c20-19(21,22)15-10-8-13(9-11-15)12-18(24)23-17-7-3-5-14-4-1-2-6-16(14)17/h1-2,4,6,8-11,17H,3,5,7,12H2,(H,23,24). The SMILES string of the molecule is O=C(Cc1ccc(C(F)(F)F)cc1)NC1CCCc2ccccc21. The molecule has 1 N–H and O–H groups in total. The number of amides is 1. The number of hydrogen-bond acceptors (Lipinski definition) is 1. The highest BCUT2D eigenvalue weighted by Gasteiger charge is 2.30. The van der Waals surface area contributed by atoms with E-state index in [1.165, 1.54) is 17.7 Å². The molecule has 0 heterocycles. The van der Waals surface area contributed by atoms with Crippen molar-refractivity contribution < 1.29 is 18.0 Å². The van der Waals surface area contributed by atoms with Gasteiger partial charge in [-0.25, -0.2) is 0 Å². The lowest BCUT2D eigenvalue weighted by Gasteiger charge is -2.26. The topological polar surface area (TPSA) is 29.1 Å². The average Bonchev–Trinajstić information content (AvgIpc) is 2.55. The van der Waals surface area contributed by atoms with Crippen LogP contribution in [0.1, 0.15) is 41.1 Å².